The highest BCUT2D eigenvalue weighted by molar-refractivity contribution is 7.89. The van der Waals surface area contributed by atoms with Gasteiger partial charge in [0.1, 0.15) is 6.61 Å². The zero-order valence-corrected chi connectivity index (χ0v) is 21.4. The zero-order chi connectivity index (χ0) is 24.6. The molecule has 8 heteroatoms. The fourth-order valence-corrected chi connectivity index (χ4v) is 6.95. The molecule has 34 heavy (non-hydrogen) atoms. The van der Waals surface area contributed by atoms with Crippen molar-refractivity contribution in [2.45, 2.75) is 51.5 Å². The second-order valence-electron chi connectivity index (χ2n) is 9.48. The molecule has 0 bridgehead atoms. The summed E-state index contributed by atoms with van der Waals surface area (Å²) in [6.07, 6.45) is 0.784. The van der Waals surface area contributed by atoms with Crippen molar-refractivity contribution in [2.24, 2.45) is 5.92 Å². The number of rotatable bonds is 5. The topological polar surface area (TPSA) is 76.2 Å². The van der Waals surface area contributed by atoms with Crippen molar-refractivity contribution in [3.05, 3.63) is 52.6 Å². The first kappa shape index (κ1) is 24.5. The molecule has 1 saturated heterocycles. The predicted molar refractivity (Wildman–Crippen MR) is 131 cm³/mol. The summed E-state index contributed by atoms with van der Waals surface area (Å²) in [5.74, 6) is 1.23. The number of carbonyl (C=O) groups is 1. The third kappa shape index (κ3) is 4.66. The second-order valence-corrected chi connectivity index (χ2v) is 11.4. The van der Waals surface area contributed by atoms with E-state index in [1.807, 2.05) is 58.0 Å². The molecule has 0 saturated carbocycles. The van der Waals surface area contributed by atoms with Gasteiger partial charge in [-0.2, -0.15) is 4.31 Å². The van der Waals surface area contributed by atoms with Crippen LogP contribution in [0.25, 0.3) is 0 Å². The molecule has 7 nitrogen and oxygen atoms in total. The normalized spacial score (nSPS) is 19.1. The Hall–Kier alpha value is -2.58. The van der Waals surface area contributed by atoms with Crippen LogP contribution in [0.15, 0.2) is 35.2 Å². The fraction of sp³-hybridized carbons (Fsp3) is 0.500. The number of amides is 1. The van der Waals surface area contributed by atoms with Gasteiger partial charge in [0.25, 0.3) is 0 Å². The molecule has 2 aromatic rings. The standard InChI is InChI=1S/C26H34N2O5S/c1-17-14-18(2)20(4)25(19(17)3)34(30,31)28-12-10-21(11-13-28)26(29)27(5)15-22-16-32-23-8-6-7-9-24(23)33-22/h6-9,14,21-22H,10-13,15-16H2,1-5H3. The SMILES string of the molecule is Cc1cc(C)c(C)c(S(=O)(=O)N2CCC(C(=O)N(C)CC3COc4ccccc4O3)CC2)c1C. The number of carbonyl (C=O) groups excluding carboxylic acids is 1. The monoisotopic (exact) mass is 486 g/mol. The number of sulfonamides is 1. The van der Waals surface area contributed by atoms with Gasteiger partial charge in [0.05, 0.1) is 11.4 Å². The highest BCUT2D eigenvalue weighted by Crippen LogP contribution is 2.33. The Morgan fingerprint density at radius 1 is 1.03 bits per heavy atom. The maximum Gasteiger partial charge on any atom is 0.243 e. The van der Waals surface area contributed by atoms with Crippen LogP contribution in [0.2, 0.25) is 0 Å². The average molecular weight is 487 g/mol. The lowest BCUT2D eigenvalue weighted by Crippen LogP contribution is -2.47. The quantitative estimate of drug-likeness (QED) is 0.645. The van der Waals surface area contributed by atoms with E-state index in [4.69, 9.17) is 9.47 Å². The Kier molecular flexibility index (Phi) is 6.92. The highest BCUT2D eigenvalue weighted by atomic mass is 32.2. The summed E-state index contributed by atoms with van der Waals surface area (Å²) in [4.78, 5) is 15.2. The number of aryl methyl sites for hydroxylation is 2. The number of ether oxygens (including phenoxy) is 2. The molecular weight excluding hydrogens is 452 g/mol. The predicted octanol–water partition coefficient (Wildman–Crippen LogP) is 3.62. The maximum absolute atomic E-state index is 13.5. The molecule has 1 unspecified atom stereocenters. The average Bonchev–Trinajstić information content (AvgIpc) is 2.82. The largest absolute Gasteiger partial charge is 0.486 e. The number of nitrogens with zero attached hydrogens (tertiary/aromatic N) is 2. The first-order valence-electron chi connectivity index (χ1n) is 11.8. The second kappa shape index (κ2) is 9.58. The van der Waals surface area contributed by atoms with Crippen molar-refractivity contribution in [2.75, 3.05) is 33.3 Å². The van der Waals surface area contributed by atoms with Crippen LogP contribution in [0.3, 0.4) is 0 Å². The lowest BCUT2D eigenvalue weighted by Gasteiger charge is -2.35. The van der Waals surface area contributed by atoms with Gasteiger partial charge in [-0.05, 0) is 74.9 Å². The van der Waals surface area contributed by atoms with E-state index in [9.17, 15) is 13.2 Å². The molecule has 0 N–H and O–H groups in total. The smallest absolute Gasteiger partial charge is 0.243 e. The molecule has 1 fully saturated rings. The number of benzene rings is 2. The van der Waals surface area contributed by atoms with E-state index in [2.05, 4.69) is 0 Å². The van der Waals surface area contributed by atoms with Gasteiger partial charge in [0.15, 0.2) is 17.6 Å². The number of hydrogen-bond acceptors (Lipinski definition) is 5. The van der Waals surface area contributed by atoms with E-state index < -0.39 is 10.0 Å². The van der Waals surface area contributed by atoms with Crippen LogP contribution in [-0.4, -0.2) is 62.9 Å². The van der Waals surface area contributed by atoms with Crippen LogP contribution < -0.4 is 9.47 Å². The van der Waals surface area contributed by atoms with E-state index in [0.717, 1.165) is 28.0 Å². The number of hydrogen-bond donors (Lipinski definition) is 0. The molecule has 0 radical (unpaired) electrons. The van der Waals surface area contributed by atoms with E-state index in [-0.39, 0.29) is 17.9 Å². The van der Waals surface area contributed by atoms with Crippen LogP contribution in [0.4, 0.5) is 0 Å². The first-order chi connectivity index (χ1) is 16.1. The van der Waals surface area contributed by atoms with Crippen molar-refractivity contribution in [1.82, 2.24) is 9.21 Å². The van der Waals surface area contributed by atoms with E-state index in [1.54, 1.807) is 16.3 Å². The number of likely N-dealkylation sites (N-methyl/N-ethyl adjacent to an activating group) is 1. The molecule has 2 aliphatic rings. The van der Waals surface area contributed by atoms with Crippen molar-refractivity contribution >= 4 is 15.9 Å². The van der Waals surface area contributed by atoms with Gasteiger partial charge in [-0.3, -0.25) is 4.79 Å². The number of fused-ring (bicyclic) bond motifs is 1. The molecule has 2 heterocycles. The van der Waals surface area contributed by atoms with Gasteiger partial charge in [-0.15, -0.1) is 0 Å². The molecule has 2 aromatic carbocycles. The van der Waals surface area contributed by atoms with Gasteiger partial charge in [-0.25, -0.2) is 8.42 Å². The third-order valence-electron chi connectivity index (χ3n) is 7.12. The minimum Gasteiger partial charge on any atom is -0.486 e. The van der Waals surface area contributed by atoms with Crippen LogP contribution in [0.5, 0.6) is 11.5 Å². The Morgan fingerprint density at radius 2 is 1.62 bits per heavy atom. The maximum atomic E-state index is 13.5. The van der Waals surface area contributed by atoms with Gasteiger partial charge >= 0.3 is 0 Å². The van der Waals surface area contributed by atoms with Gasteiger partial charge in [0.2, 0.25) is 15.9 Å². The van der Waals surface area contributed by atoms with Gasteiger partial charge < -0.3 is 14.4 Å². The minimum absolute atomic E-state index is 0.0262. The van der Waals surface area contributed by atoms with Crippen LogP contribution in [-0.2, 0) is 14.8 Å². The molecule has 4 rings (SSSR count). The molecule has 0 aromatic heterocycles. The molecule has 1 atom stereocenters. The summed E-state index contributed by atoms with van der Waals surface area (Å²) in [7, 11) is -1.84. The summed E-state index contributed by atoms with van der Waals surface area (Å²) in [5.41, 5.74) is 3.56. The fourth-order valence-electron chi connectivity index (χ4n) is 4.90. The lowest BCUT2D eigenvalue weighted by molar-refractivity contribution is -0.136. The van der Waals surface area contributed by atoms with Crippen LogP contribution in [0, 0.1) is 33.6 Å². The van der Waals surface area contributed by atoms with Crippen molar-refractivity contribution < 1.29 is 22.7 Å². The third-order valence-corrected chi connectivity index (χ3v) is 9.29. The molecule has 0 spiro atoms. The molecule has 2 aliphatic heterocycles. The lowest BCUT2D eigenvalue weighted by atomic mass is 9.96. The van der Waals surface area contributed by atoms with Crippen LogP contribution >= 0.6 is 0 Å². The molecule has 0 aliphatic carbocycles. The first-order valence-corrected chi connectivity index (χ1v) is 13.2. The van der Waals surface area contributed by atoms with Crippen molar-refractivity contribution in [1.29, 1.82) is 0 Å². The van der Waals surface area contributed by atoms with Gasteiger partial charge in [-0.1, -0.05) is 18.2 Å². The minimum atomic E-state index is -3.62. The van der Waals surface area contributed by atoms with E-state index in [0.29, 0.717) is 49.7 Å². The summed E-state index contributed by atoms with van der Waals surface area (Å²) in [6.45, 7) is 9.13. The number of para-hydroxylation sites is 2. The van der Waals surface area contributed by atoms with Gasteiger partial charge in [0, 0.05) is 26.1 Å². The highest BCUT2D eigenvalue weighted by Gasteiger charge is 2.35. The van der Waals surface area contributed by atoms with Crippen molar-refractivity contribution in [3.8, 4) is 11.5 Å². The summed E-state index contributed by atoms with van der Waals surface area (Å²) in [5, 5.41) is 0. The summed E-state index contributed by atoms with van der Waals surface area (Å²) < 4.78 is 40.3. The number of piperidine rings is 1. The summed E-state index contributed by atoms with van der Waals surface area (Å²) in [6, 6.07) is 9.54. The Bertz CT molecular complexity index is 1160. The summed E-state index contributed by atoms with van der Waals surface area (Å²) >= 11 is 0. The van der Waals surface area contributed by atoms with E-state index in [1.165, 1.54) is 0 Å². The van der Waals surface area contributed by atoms with Crippen LogP contribution in [0.1, 0.15) is 35.1 Å². The Morgan fingerprint density at radius 3 is 2.24 bits per heavy atom. The van der Waals surface area contributed by atoms with Crippen molar-refractivity contribution in [3.63, 3.8) is 0 Å². The van der Waals surface area contributed by atoms with E-state index >= 15 is 0 Å². The Labute approximate surface area is 202 Å². The molecule has 184 valence electrons. The zero-order valence-electron chi connectivity index (χ0n) is 20.6. The molecule has 1 amide bonds. The Balaban J connectivity index is 1.38. The molecular formula is C26H34N2O5S.